The fourth-order valence-electron chi connectivity index (χ4n) is 3.69. The van der Waals surface area contributed by atoms with Crippen LogP contribution in [0.2, 0.25) is 0 Å². The van der Waals surface area contributed by atoms with Gasteiger partial charge >= 0.3 is 0 Å². The number of benzene rings is 2. The molecule has 2 aromatic carbocycles. The molecule has 0 atom stereocenters. The number of hydrogen-bond donors (Lipinski definition) is 3. The summed E-state index contributed by atoms with van der Waals surface area (Å²) in [4.78, 5) is 39.5. The highest BCUT2D eigenvalue weighted by Crippen LogP contribution is 2.20. The second kappa shape index (κ2) is 10.5. The minimum absolute atomic E-state index is 0.0281. The Morgan fingerprint density at radius 3 is 2.21 bits per heavy atom. The molecule has 0 bridgehead atoms. The van der Waals surface area contributed by atoms with Crippen LogP contribution in [0, 0.1) is 5.92 Å². The fraction of sp³-hybridized carbons (Fsp3) is 0.423. The number of anilines is 2. The Balaban J connectivity index is 1.55. The molecule has 3 N–H and O–H groups in total. The largest absolute Gasteiger partial charge is 0.376 e. The predicted octanol–water partition coefficient (Wildman–Crippen LogP) is 4.14. The minimum Gasteiger partial charge on any atom is -0.376 e. The van der Waals surface area contributed by atoms with E-state index in [0.717, 1.165) is 25.9 Å². The van der Waals surface area contributed by atoms with Crippen LogP contribution in [-0.4, -0.2) is 47.8 Å². The Morgan fingerprint density at radius 2 is 1.55 bits per heavy atom. The van der Waals surface area contributed by atoms with Gasteiger partial charge in [0.1, 0.15) is 0 Å². The van der Waals surface area contributed by atoms with Crippen LogP contribution >= 0.6 is 0 Å². The molecule has 1 saturated heterocycles. The molecule has 0 unspecified atom stereocenters. The molecule has 2 aromatic rings. The summed E-state index contributed by atoms with van der Waals surface area (Å²) < 4.78 is 0. The molecule has 7 nitrogen and oxygen atoms in total. The number of hydrogen-bond acceptors (Lipinski definition) is 4. The smallest absolute Gasteiger partial charge is 0.253 e. The molecule has 3 rings (SSSR count). The molecule has 1 aliphatic rings. The van der Waals surface area contributed by atoms with Crippen molar-refractivity contribution in [2.75, 3.05) is 30.3 Å². The normalized spacial score (nSPS) is 14.5. The molecule has 1 heterocycles. The third kappa shape index (κ3) is 7.34. The lowest BCUT2D eigenvalue weighted by molar-refractivity contribution is -0.114. The third-order valence-electron chi connectivity index (χ3n) is 5.53. The number of rotatable bonds is 6. The van der Waals surface area contributed by atoms with Crippen molar-refractivity contribution < 1.29 is 14.4 Å². The maximum Gasteiger partial charge on any atom is 0.253 e. The van der Waals surface area contributed by atoms with Gasteiger partial charge < -0.3 is 20.9 Å². The molecule has 3 amide bonds. The van der Waals surface area contributed by atoms with Gasteiger partial charge in [-0.1, -0.05) is 19.1 Å². The summed E-state index contributed by atoms with van der Waals surface area (Å²) in [6.45, 7) is 9.57. The van der Waals surface area contributed by atoms with Crippen molar-refractivity contribution in [1.82, 2.24) is 10.2 Å². The van der Waals surface area contributed by atoms with Crippen LogP contribution in [-0.2, 0) is 4.79 Å². The van der Waals surface area contributed by atoms with E-state index in [1.807, 2.05) is 37.8 Å². The van der Waals surface area contributed by atoms with Crippen molar-refractivity contribution in [2.45, 2.75) is 46.1 Å². The third-order valence-corrected chi connectivity index (χ3v) is 5.53. The van der Waals surface area contributed by atoms with Crippen LogP contribution in [0.4, 0.5) is 11.4 Å². The first-order valence-electron chi connectivity index (χ1n) is 11.5. The Kier molecular flexibility index (Phi) is 7.74. The monoisotopic (exact) mass is 450 g/mol. The van der Waals surface area contributed by atoms with E-state index < -0.39 is 0 Å². The van der Waals surface area contributed by atoms with E-state index in [4.69, 9.17) is 0 Å². The van der Waals surface area contributed by atoms with E-state index in [9.17, 15) is 14.4 Å². The summed E-state index contributed by atoms with van der Waals surface area (Å²) >= 11 is 0. The molecule has 1 fully saturated rings. The number of likely N-dealkylation sites (tertiary alicyclic amines) is 1. The van der Waals surface area contributed by atoms with Gasteiger partial charge in [-0.2, -0.15) is 0 Å². The number of amides is 3. The van der Waals surface area contributed by atoms with E-state index in [1.165, 1.54) is 0 Å². The van der Waals surface area contributed by atoms with E-state index >= 15 is 0 Å². The molecular weight excluding hydrogens is 416 g/mol. The van der Waals surface area contributed by atoms with E-state index in [2.05, 4.69) is 22.9 Å². The Morgan fingerprint density at radius 1 is 0.939 bits per heavy atom. The fourth-order valence-corrected chi connectivity index (χ4v) is 3.69. The lowest BCUT2D eigenvalue weighted by Crippen LogP contribution is -2.40. The zero-order chi connectivity index (χ0) is 24.0. The molecule has 0 saturated carbocycles. The van der Waals surface area contributed by atoms with E-state index in [0.29, 0.717) is 28.4 Å². The van der Waals surface area contributed by atoms with Crippen molar-refractivity contribution in [3.8, 4) is 0 Å². The molecular formula is C26H34N4O3. The van der Waals surface area contributed by atoms with Crippen LogP contribution < -0.4 is 16.0 Å². The molecule has 0 aromatic heterocycles. The van der Waals surface area contributed by atoms with Crippen LogP contribution in [0.5, 0.6) is 0 Å². The minimum atomic E-state index is -0.345. The Bertz CT molecular complexity index is 1000. The zero-order valence-electron chi connectivity index (χ0n) is 19.9. The maximum atomic E-state index is 12.8. The van der Waals surface area contributed by atoms with Crippen LogP contribution in [0.15, 0.2) is 48.5 Å². The SMILES string of the molecule is CC1CCN(C(=O)c2cccc(NCC(=O)Nc3cccc(C(=O)NC(C)(C)C)c3)c2)CC1. The molecule has 176 valence electrons. The average molecular weight is 451 g/mol. The van der Waals surface area contributed by atoms with Crippen molar-refractivity contribution in [3.05, 3.63) is 59.7 Å². The predicted molar refractivity (Wildman–Crippen MR) is 132 cm³/mol. The van der Waals surface area contributed by atoms with Crippen molar-refractivity contribution >= 4 is 29.1 Å². The van der Waals surface area contributed by atoms with Gasteiger partial charge in [0.2, 0.25) is 5.91 Å². The Hall–Kier alpha value is -3.35. The number of carbonyl (C=O) groups is 3. The van der Waals surface area contributed by atoms with Gasteiger partial charge in [0, 0.05) is 41.1 Å². The van der Waals surface area contributed by atoms with Crippen LogP contribution in [0.1, 0.15) is 61.3 Å². The van der Waals surface area contributed by atoms with Gasteiger partial charge in [-0.05, 0) is 75.9 Å². The molecule has 1 aliphatic heterocycles. The highest BCUT2D eigenvalue weighted by atomic mass is 16.2. The number of nitrogens with one attached hydrogen (secondary N) is 3. The molecule has 7 heteroatoms. The topological polar surface area (TPSA) is 90.5 Å². The summed E-state index contributed by atoms with van der Waals surface area (Å²) in [6.07, 6.45) is 2.06. The number of carbonyl (C=O) groups excluding carboxylic acids is 3. The highest BCUT2D eigenvalue weighted by Gasteiger charge is 2.21. The van der Waals surface area contributed by atoms with Crippen LogP contribution in [0.25, 0.3) is 0 Å². The average Bonchev–Trinajstić information content (AvgIpc) is 2.77. The van der Waals surface area contributed by atoms with Gasteiger partial charge in [-0.15, -0.1) is 0 Å². The summed E-state index contributed by atoms with van der Waals surface area (Å²) in [5.41, 5.74) is 2.01. The molecule has 0 aliphatic carbocycles. The summed E-state index contributed by atoms with van der Waals surface area (Å²) in [6, 6.07) is 14.1. The quantitative estimate of drug-likeness (QED) is 0.617. The second-order valence-corrected chi connectivity index (χ2v) is 9.74. The van der Waals surface area contributed by atoms with Gasteiger partial charge in [-0.3, -0.25) is 14.4 Å². The van der Waals surface area contributed by atoms with Crippen molar-refractivity contribution in [1.29, 1.82) is 0 Å². The second-order valence-electron chi connectivity index (χ2n) is 9.74. The molecule has 33 heavy (non-hydrogen) atoms. The van der Waals surface area contributed by atoms with Gasteiger partial charge in [0.05, 0.1) is 6.54 Å². The van der Waals surface area contributed by atoms with E-state index in [-0.39, 0.29) is 29.8 Å². The zero-order valence-corrected chi connectivity index (χ0v) is 19.9. The lowest BCUT2D eigenvalue weighted by Gasteiger charge is -2.30. The standard InChI is InChI=1S/C26H34N4O3/c1-18-11-13-30(14-12-18)25(33)20-8-6-9-21(16-20)27-17-23(31)28-22-10-5-7-19(15-22)24(32)29-26(2,3)4/h5-10,15-16,18,27H,11-14,17H2,1-4H3,(H,28,31)(H,29,32). The van der Waals surface area contributed by atoms with E-state index in [1.54, 1.807) is 36.4 Å². The Labute approximate surface area is 195 Å². The van der Waals surface area contributed by atoms with Gasteiger partial charge in [0.15, 0.2) is 0 Å². The van der Waals surface area contributed by atoms with Gasteiger partial charge in [0.25, 0.3) is 11.8 Å². The van der Waals surface area contributed by atoms with Crippen LogP contribution in [0.3, 0.4) is 0 Å². The van der Waals surface area contributed by atoms with Crippen molar-refractivity contribution in [2.24, 2.45) is 5.92 Å². The van der Waals surface area contributed by atoms with Gasteiger partial charge in [-0.25, -0.2) is 0 Å². The highest BCUT2D eigenvalue weighted by molar-refractivity contribution is 5.98. The molecule has 0 spiro atoms. The summed E-state index contributed by atoms with van der Waals surface area (Å²) in [5.74, 6) is 0.251. The molecule has 0 radical (unpaired) electrons. The number of piperidine rings is 1. The lowest BCUT2D eigenvalue weighted by atomic mass is 9.98. The first-order chi connectivity index (χ1) is 15.6. The summed E-state index contributed by atoms with van der Waals surface area (Å²) in [5, 5.41) is 8.79. The first-order valence-corrected chi connectivity index (χ1v) is 11.5. The number of nitrogens with zero attached hydrogens (tertiary/aromatic N) is 1. The van der Waals surface area contributed by atoms with Crippen molar-refractivity contribution in [3.63, 3.8) is 0 Å². The maximum absolute atomic E-state index is 12.8. The first kappa shape index (κ1) is 24.3. The summed E-state index contributed by atoms with van der Waals surface area (Å²) in [7, 11) is 0.